The van der Waals surface area contributed by atoms with Gasteiger partial charge in [-0.3, -0.25) is 9.20 Å². The van der Waals surface area contributed by atoms with Crippen LogP contribution in [0.1, 0.15) is 0 Å². The summed E-state index contributed by atoms with van der Waals surface area (Å²) in [6.07, 6.45) is 1.71. The lowest BCUT2D eigenvalue weighted by Gasteiger charge is -2.07. The molecule has 2 aromatic heterocycles. The molecule has 2 heterocycles. The second kappa shape index (κ2) is 3.62. The molecule has 4 nitrogen and oxygen atoms in total. The molecule has 90 valence electrons. The average Bonchev–Trinajstić information content (AvgIpc) is 2.47. The van der Waals surface area contributed by atoms with Crippen LogP contribution < -0.4 is 5.56 Å². The highest BCUT2D eigenvalue weighted by Gasteiger charge is 2.07. The lowest BCUT2D eigenvalue weighted by molar-refractivity contribution is 1.09. The van der Waals surface area contributed by atoms with E-state index in [0.717, 1.165) is 16.4 Å². The van der Waals surface area contributed by atoms with E-state index in [-0.39, 0.29) is 5.56 Å². The normalized spacial score (nSPS) is 11.4. The summed E-state index contributed by atoms with van der Waals surface area (Å²) < 4.78 is 1.86. The SMILES string of the molecule is O=c1nc2c3ccccc3ncn2c2ccccc12. The van der Waals surface area contributed by atoms with Gasteiger partial charge in [-0.05, 0) is 24.3 Å². The number of nitrogens with zero attached hydrogens (tertiary/aromatic N) is 3. The molecule has 0 aliphatic carbocycles. The fourth-order valence-corrected chi connectivity index (χ4v) is 2.39. The van der Waals surface area contributed by atoms with Gasteiger partial charge < -0.3 is 0 Å². The molecular formula is C15H9N3O. The Morgan fingerprint density at radius 2 is 1.63 bits per heavy atom. The van der Waals surface area contributed by atoms with E-state index in [9.17, 15) is 4.79 Å². The standard InChI is InChI=1S/C15H9N3O/c19-15-11-6-2-4-8-13(11)18-9-16-12-7-3-1-5-10(12)14(18)17-15/h1-9H. The molecule has 0 saturated heterocycles. The Bertz CT molecular complexity index is 989. The smallest absolute Gasteiger partial charge is 0.281 e. The summed E-state index contributed by atoms with van der Waals surface area (Å²) in [4.78, 5) is 20.7. The zero-order valence-corrected chi connectivity index (χ0v) is 9.95. The first-order valence-corrected chi connectivity index (χ1v) is 5.99. The second-order valence-corrected chi connectivity index (χ2v) is 4.39. The minimum atomic E-state index is -0.202. The third kappa shape index (κ3) is 1.37. The number of benzene rings is 2. The minimum absolute atomic E-state index is 0.202. The van der Waals surface area contributed by atoms with Crippen molar-refractivity contribution < 1.29 is 0 Å². The largest absolute Gasteiger partial charge is 0.284 e. The molecule has 0 fully saturated rings. The summed E-state index contributed by atoms with van der Waals surface area (Å²) in [5, 5.41) is 1.49. The van der Waals surface area contributed by atoms with E-state index in [2.05, 4.69) is 9.97 Å². The third-order valence-corrected chi connectivity index (χ3v) is 3.29. The lowest BCUT2D eigenvalue weighted by atomic mass is 10.2. The molecule has 4 rings (SSSR count). The molecule has 4 heteroatoms. The molecule has 0 atom stereocenters. The van der Waals surface area contributed by atoms with Crippen molar-refractivity contribution in [2.24, 2.45) is 0 Å². The Labute approximate surface area is 108 Å². The van der Waals surface area contributed by atoms with Crippen LogP contribution in [0.5, 0.6) is 0 Å². The van der Waals surface area contributed by atoms with Gasteiger partial charge in [0, 0.05) is 5.39 Å². The summed E-state index contributed by atoms with van der Waals surface area (Å²) in [6.45, 7) is 0. The van der Waals surface area contributed by atoms with Crippen LogP contribution in [0.4, 0.5) is 0 Å². The monoisotopic (exact) mass is 247 g/mol. The van der Waals surface area contributed by atoms with Gasteiger partial charge in [0.1, 0.15) is 6.33 Å². The van der Waals surface area contributed by atoms with Gasteiger partial charge in [-0.1, -0.05) is 24.3 Å². The van der Waals surface area contributed by atoms with E-state index < -0.39 is 0 Å². The van der Waals surface area contributed by atoms with Crippen molar-refractivity contribution >= 4 is 27.5 Å². The molecule has 0 bridgehead atoms. The topological polar surface area (TPSA) is 47.3 Å². The van der Waals surface area contributed by atoms with Crippen LogP contribution in [0.25, 0.3) is 27.5 Å². The van der Waals surface area contributed by atoms with E-state index in [4.69, 9.17) is 0 Å². The zero-order valence-electron chi connectivity index (χ0n) is 9.95. The Morgan fingerprint density at radius 3 is 2.53 bits per heavy atom. The van der Waals surface area contributed by atoms with Gasteiger partial charge in [0.15, 0.2) is 5.65 Å². The Morgan fingerprint density at radius 1 is 0.895 bits per heavy atom. The predicted molar refractivity (Wildman–Crippen MR) is 74.3 cm³/mol. The summed E-state index contributed by atoms with van der Waals surface area (Å²) in [6, 6.07) is 15.1. The fraction of sp³-hybridized carbons (Fsp3) is 0. The fourth-order valence-electron chi connectivity index (χ4n) is 2.39. The zero-order chi connectivity index (χ0) is 12.8. The van der Waals surface area contributed by atoms with Crippen LogP contribution in [-0.2, 0) is 0 Å². The summed E-state index contributed by atoms with van der Waals surface area (Å²) in [5.74, 6) is 0. The molecule has 4 aromatic rings. The molecule has 0 spiro atoms. The third-order valence-electron chi connectivity index (χ3n) is 3.29. The van der Waals surface area contributed by atoms with Crippen molar-refractivity contribution in [1.82, 2.24) is 14.4 Å². The molecule has 0 N–H and O–H groups in total. The quantitative estimate of drug-likeness (QED) is 0.448. The van der Waals surface area contributed by atoms with Crippen LogP contribution >= 0.6 is 0 Å². The van der Waals surface area contributed by atoms with Crippen LogP contribution in [0.2, 0.25) is 0 Å². The summed E-state index contributed by atoms with van der Waals surface area (Å²) in [7, 11) is 0. The molecule has 19 heavy (non-hydrogen) atoms. The van der Waals surface area contributed by atoms with Crippen molar-refractivity contribution in [2.75, 3.05) is 0 Å². The predicted octanol–water partition coefficient (Wildman–Crippen LogP) is 2.40. The number of hydrogen-bond donors (Lipinski definition) is 0. The van der Waals surface area contributed by atoms with Crippen molar-refractivity contribution in [3.8, 4) is 0 Å². The molecule has 0 saturated carbocycles. The highest BCUT2D eigenvalue weighted by atomic mass is 16.1. The average molecular weight is 247 g/mol. The van der Waals surface area contributed by atoms with Crippen molar-refractivity contribution in [1.29, 1.82) is 0 Å². The maximum absolute atomic E-state index is 12.1. The summed E-state index contributed by atoms with van der Waals surface area (Å²) in [5.41, 5.74) is 2.11. The summed E-state index contributed by atoms with van der Waals surface area (Å²) >= 11 is 0. The molecule has 2 aromatic carbocycles. The number of aromatic nitrogens is 3. The van der Waals surface area contributed by atoms with Crippen molar-refractivity contribution in [2.45, 2.75) is 0 Å². The van der Waals surface area contributed by atoms with Crippen LogP contribution in [0.15, 0.2) is 59.7 Å². The number of rotatable bonds is 0. The molecule has 0 radical (unpaired) electrons. The Kier molecular flexibility index (Phi) is 1.94. The number of hydrogen-bond acceptors (Lipinski definition) is 3. The highest BCUT2D eigenvalue weighted by molar-refractivity contribution is 5.93. The molecule has 0 aliphatic heterocycles. The lowest BCUT2D eigenvalue weighted by Crippen LogP contribution is -2.11. The second-order valence-electron chi connectivity index (χ2n) is 4.39. The van der Waals surface area contributed by atoms with Crippen molar-refractivity contribution in [3.05, 3.63) is 65.2 Å². The van der Waals surface area contributed by atoms with Gasteiger partial charge in [0.05, 0.1) is 16.4 Å². The highest BCUT2D eigenvalue weighted by Crippen LogP contribution is 2.18. The Hall–Kier alpha value is -2.75. The maximum Gasteiger partial charge on any atom is 0.281 e. The first kappa shape index (κ1) is 10.2. The van der Waals surface area contributed by atoms with Crippen LogP contribution in [0.3, 0.4) is 0 Å². The van der Waals surface area contributed by atoms with Gasteiger partial charge in [0.2, 0.25) is 0 Å². The first-order chi connectivity index (χ1) is 9.34. The molecule has 0 unspecified atom stereocenters. The van der Waals surface area contributed by atoms with E-state index in [0.29, 0.717) is 11.0 Å². The van der Waals surface area contributed by atoms with Crippen LogP contribution in [0, 0.1) is 0 Å². The minimum Gasteiger partial charge on any atom is -0.284 e. The van der Waals surface area contributed by atoms with Gasteiger partial charge >= 0.3 is 0 Å². The maximum atomic E-state index is 12.1. The molecule has 0 aliphatic rings. The van der Waals surface area contributed by atoms with E-state index in [1.54, 1.807) is 12.4 Å². The van der Waals surface area contributed by atoms with Gasteiger partial charge in [0.25, 0.3) is 5.56 Å². The molecular weight excluding hydrogens is 238 g/mol. The number of para-hydroxylation sites is 2. The van der Waals surface area contributed by atoms with Crippen LogP contribution in [-0.4, -0.2) is 14.4 Å². The van der Waals surface area contributed by atoms with E-state index in [1.165, 1.54) is 0 Å². The van der Waals surface area contributed by atoms with Gasteiger partial charge in [-0.2, -0.15) is 4.98 Å². The van der Waals surface area contributed by atoms with E-state index >= 15 is 0 Å². The van der Waals surface area contributed by atoms with Gasteiger partial charge in [-0.25, -0.2) is 4.98 Å². The molecule has 0 amide bonds. The number of fused-ring (bicyclic) bond motifs is 5. The van der Waals surface area contributed by atoms with E-state index in [1.807, 2.05) is 46.9 Å². The first-order valence-electron chi connectivity index (χ1n) is 5.99. The Balaban J connectivity index is 2.37. The van der Waals surface area contributed by atoms with Gasteiger partial charge in [-0.15, -0.1) is 0 Å². The van der Waals surface area contributed by atoms with Crippen molar-refractivity contribution in [3.63, 3.8) is 0 Å².